The summed E-state index contributed by atoms with van der Waals surface area (Å²) >= 11 is 0. The van der Waals surface area contributed by atoms with E-state index in [1.54, 1.807) is 0 Å². The summed E-state index contributed by atoms with van der Waals surface area (Å²) in [5, 5.41) is 4.71. The summed E-state index contributed by atoms with van der Waals surface area (Å²) in [6.07, 6.45) is 2.30. The van der Waals surface area contributed by atoms with Crippen molar-refractivity contribution >= 4 is 10.9 Å². The molecule has 1 atom stereocenters. The van der Waals surface area contributed by atoms with Gasteiger partial charge in [0.1, 0.15) is 0 Å². The second kappa shape index (κ2) is 4.53. The predicted octanol–water partition coefficient (Wildman–Crippen LogP) is 3.81. The third kappa shape index (κ3) is 1.98. The molecule has 0 aliphatic rings. The summed E-state index contributed by atoms with van der Waals surface area (Å²) in [6.45, 7) is 8.87. The lowest BCUT2D eigenvalue weighted by Crippen LogP contribution is -2.11. The lowest BCUT2D eigenvalue weighted by Gasteiger charge is -2.10. The number of nitrogens with one attached hydrogen (secondary N) is 1. The molecule has 0 amide bonds. The quantitative estimate of drug-likeness (QED) is 0.848. The molecule has 17 heavy (non-hydrogen) atoms. The van der Waals surface area contributed by atoms with Gasteiger partial charge in [0.25, 0.3) is 0 Å². The van der Waals surface area contributed by atoms with Crippen LogP contribution in [0.2, 0.25) is 0 Å². The van der Waals surface area contributed by atoms with Crippen molar-refractivity contribution in [3.05, 3.63) is 35.5 Å². The molecule has 0 radical (unpaired) electrons. The summed E-state index contributed by atoms with van der Waals surface area (Å²) in [4.78, 5) is 0. The number of fused-ring (bicyclic) bond motifs is 1. The van der Waals surface area contributed by atoms with Gasteiger partial charge in [0.05, 0.1) is 5.52 Å². The Balaban J connectivity index is 2.75. The van der Waals surface area contributed by atoms with Crippen LogP contribution in [0.5, 0.6) is 0 Å². The van der Waals surface area contributed by atoms with Crippen LogP contribution in [0.15, 0.2) is 24.4 Å². The van der Waals surface area contributed by atoms with E-state index in [-0.39, 0.29) is 0 Å². The van der Waals surface area contributed by atoms with Crippen LogP contribution in [0, 0.1) is 6.92 Å². The predicted molar refractivity (Wildman–Crippen MR) is 74.5 cm³/mol. The van der Waals surface area contributed by atoms with Crippen molar-refractivity contribution in [3.63, 3.8) is 0 Å². The number of hydrogen-bond acceptors (Lipinski definition) is 1. The number of aromatic nitrogens is 1. The van der Waals surface area contributed by atoms with Gasteiger partial charge in [-0.05, 0) is 45.9 Å². The normalized spacial score (nSPS) is 13.5. The van der Waals surface area contributed by atoms with Crippen LogP contribution >= 0.6 is 0 Å². The average Bonchev–Trinajstić information content (AvgIpc) is 2.69. The number of aryl methyl sites for hydroxylation is 1. The standard InChI is InChI=1S/C15H22N2/c1-10(2)17-9-14(12(4)16-5)13-8-6-7-11(3)15(13)17/h6-10,12,16H,1-5H3. The van der Waals surface area contributed by atoms with Crippen molar-refractivity contribution in [2.75, 3.05) is 7.05 Å². The summed E-state index contributed by atoms with van der Waals surface area (Å²) in [6, 6.07) is 7.45. The molecule has 2 heteroatoms. The second-order valence-electron chi connectivity index (χ2n) is 5.07. The van der Waals surface area contributed by atoms with E-state index in [0.29, 0.717) is 12.1 Å². The van der Waals surface area contributed by atoms with Crippen molar-refractivity contribution < 1.29 is 0 Å². The average molecular weight is 230 g/mol. The molecular formula is C15H22N2. The van der Waals surface area contributed by atoms with E-state index in [1.807, 2.05) is 7.05 Å². The van der Waals surface area contributed by atoms with E-state index in [2.05, 4.69) is 62.0 Å². The Hall–Kier alpha value is -1.28. The maximum Gasteiger partial charge on any atom is 0.0515 e. The maximum atomic E-state index is 3.33. The number of rotatable bonds is 3. The number of hydrogen-bond donors (Lipinski definition) is 1. The fraction of sp³-hybridized carbons (Fsp3) is 0.467. The Kier molecular flexibility index (Phi) is 3.25. The van der Waals surface area contributed by atoms with E-state index >= 15 is 0 Å². The van der Waals surface area contributed by atoms with Crippen LogP contribution < -0.4 is 5.32 Å². The van der Waals surface area contributed by atoms with E-state index in [9.17, 15) is 0 Å². The van der Waals surface area contributed by atoms with Crippen LogP contribution in [0.4, 0.5) is 0 Å². The fourth-order valence-corrected chi connectivity index (χ4v) is 2.43. The monoisotopic (exact) mass is 230 g/mol. The van der Waals surface area contributed by atoms with Crippen molar-refractivity contribution in [2.24, 2.45) is 0 Å². The lowest BCUT2D eigenvalue weighted by molar-refractivity contribution is 0.607. The molecule has 92 valence electrons. The van der Waals surface area contributed by atoms with E-state index in [0.717, 1.165) is 0 Å². The molecule has 0 aliphatic carbocycles. The van der Waals surface area contributed by atoms with Gasteiger partial charge >= 0.3 is 0 Å². The highest BCUT2D eigenvalue weighted by molar-refractivity contribution is 5.87. The molecule has 0 spiro atoms. The molecule has 0 aliphatic heterocycles. The van der Waals surface area contributed by atoms with Crippen molar-refractivity contribution in [1.29, 1.82) is 0 Å². The number of benzene rings is 1. The molecular weight excluding hydrogens is 208 g/mol. The van der Waals surface area contributed by atoms with Crippen LogP contribution in [0.3, 0.4) is 0 Å². The molecule has 1 aromatic carbocycles. The van der Waals surface area contributed by atoms with Gasteiger partial charge in [-0.3, -0.25) is 0 Å². The molecule has 2 aromatic rings. The van der Waals surface area contributed by atoms with Crippen LogP contribution in [-0.4, -0.2) is 11.6 Å². The molecule has 1 unspecified atom stereocenters. The minimum absolute atomic E-state index is 0.388. The lowest BCUT2D eigenvalue weighted by atomic mass is 10.1. The second-order valence-corrected chi connectivity index (χ2v) is 5.07. The van der Waals surface area contributed by atoms with E-state index < -0.39 is 0 Å². The highest BCUT2D eigenvalue weighted by Gasteiger charge is 2.15. The van der Waals surface area contributed by atoms with Crippen molar-refractivity contribution in [2.45, 2.75) is 39.8 Å². The first-order chi connectivity index (χ1) is 8.06. The SMILES string of the molecule is CNC(C)c1cn(C(C)C)c2c(C)cccc12. The van der Waals surface area contributed by atoms with Gasteiger partial charge in [0.15, 0.2) is 0 Å². The van der Waals surface area contributed by atoms with E-state index in [1.165, 1.54) is 22.0 Å². The Morgan fingerprint density at radius 3 is 2.47 bits per heavy atom. The highest BCUT2D eigenvalue weighted by Crippen LogP contribution is 2.30. The summed E-state index contributed by atoms with van der Waals surface area (Å²) < 4.78 is 2.38. The smallest absolute Gasteiger partial charge is 0.0515 e. The van der Waals surface area contributed by atoms with Gasteiger partial charge in [-0.25, -0.2) is 0 Å². The molecule has 1 aromatic heterocycles. The molecule has 2 nitrogen and oxygen atoms in total. The Morgan fingerprint density at radius 1 is 1.18 bits per heavy atom. The zero-order valence-corrected chi connectivity index (χ0v) is 11.4. The van der Waals surface area contributed by atoms with Crippen LogP contribution in [-0.2, 0) is 0 Å². The first kappa shape index (κ1) is 12.2. The molecule has 0 bridgehead atoms. The Bertz CT molecular complexity index is 523. The van der Waals surface area contributed by atoms with Crippen LogP contribution in [0.1, 0.15) is 44.0 Å². The van der Waals surface area contributed by atoms with Crippen LogP contribution in [0.25, 0.3) is 10.9 Å². The van der Waals surface area contributed by atoms with Gasteiger partial charge in [0.2, 0.25) is 0 Å². The van der Waals surface area contributed by atoms with E-state index in [4.69, 9.17) is 0 Å². The molecule has 2 rings (SSSR count). The largest absolute Gasteiger partial charge is 0.344 e. The van der Waals surface area contributed by atoms with Crippen molar-refractivity contribution in [1.82, 2.24) is 9.88 Å². The molecule has 0 saturated carbocycles. The maximum absolute atomic E-state index is 3.33. The zero-order valence-electron chi connectivity index (χ0n) is 11.4. The summed E-state index contributed by atoms with van der Waals surface area (Å²) in [5.74, 6) is 0. The van der Waals surface area contributed by atoms with Gasteiger partial charge in [-0.15, -0.1) is 0 Å². The summed E-state index contributed by atoms with van der Waals surface area (Å²) in [7, 11) is 2.01. The zero-order chi connectivity index (χ0) is 12.6. The third-order valence-electron chi connectivity index (χ3n) is 3.54. The minimum Gasteiger partial charge on any atom is -0.344 e. The Morgan fingerprint density at radius 2 is 1.88 bits per heavy atom. The van der Waals surface area contributed by atoms with Gasteiger partial charge in [-0.1, -0.05) is 18.2 Å². The number of nitrogens with zero attached hydrogens (tertiary/aromatic N) is 1. The molecule has 1 heterocycles. The molecule has 0 saturated heterocycles. The van der Waals surface area contributed by atoms with Gasteiger partial charge in [-0.2, -0.15) is 0 Å². The summed E-state index contributed by atoms with van der Waals surface area (Å²) in [5.41, 5.74) is 4.12. The first-order valence-electron chi connectivity index (χ1n) is 6.33. The number of para-hydroxylation sites is 1. The topological polar surface area (TPSA) is 17.0 Å². The minimum atomic E-state index is 0.388. The van der Waals surface area contributed by atoms with Gasteiger partial charge < -0.3 is 9.88 Å². The Labute approximate surface area is 104 Å². The highest BCUT2D eigenvalue weighted by atomic mass is 15.0. The van der Waals surface area contributed by atoms with Crippen molar-refractivity contribution in [3.8, 4) is 0 Å². The third-order valence-corrected chi connectivity index (χ3v) is 3.54. The molecule has 1 N–H and O–H groups in total. The first-order valence-corrected chi connectivity index (χ1v) is 6.33. The van der Waals surface area contributed by atoms with Gasteiger partial charge in [0, 0.05) is 23.7 Å². The molecule has 0 fully saturated rings. The fourth-order valence-electron chi connectivity index (χ4n) is 2.43.